The maximum atomic E-state index is 12.7. The molecule has 0 saturated heterocycles. The van der Waals surface area contributed by atoms with Crippen molar-refractivity contribution in [2.24, 2.45) is 0 Å². The maximum absolute atomic E-state index is 12.7. The molecule has 1 aromatic heterocycles. The van der Waals surface area contributed by atoms with Gasteiger partial charge in [0.05, 0.1) is 17.0 Å². The molecule has 30 heavy (non-hydrogen) atoms. The molecular formula is C21H19F3N2O4. The summed E-state index contributed by atoms with van der Waals surface area (Å²) in [7, 11) is 0. The topological polar surface area (TPSA) is 84.4 Å². The number of aromatic nitrogens is 2. The summed E-state index contributed by atoms with van der Waals surface area (Å²) in [5, 5.41) is 15.8. The Morgan fingerprint density at radius 1 is 1.17 bits per heavy atom. The molecule has 9 heteroatoms. The normalized spacial score (nSPS) is 12.4. The van der Waals surface area contributed by atoms with Crippen molar-refractivity contribution in [3.63, 3.8) is 0 Å². The van der Waals surface area contributed by atoms with Crippen molar-refractivity contribution < 1.29 is 32.5 Å². The van der Waals surface area contributed by atoms with Crippen molar-refractivity contribution in [1.29, 1.82) is 0 Å². The van der Waals surface area contributed by atoms with Gasteiger partial charge in [-0.25, -0.2) is 4.79 Å². The highest BCUT2D eigenvalue weighted by Gasteiger charge is 2.30. The van der Waals surface area contributed by atoms with Gasteiger partial charge in [0.25, 0.3) is 0 Å². The van der Waals surface area contributed by atoms with Gasteiger partial charge < -0.3 is 14.6 Å². The molecule has 0 saturated carbocycles. The Kier molecular flexibility index (Phi) is 6.00. The molecule has 0 aliphatic rings. The van der Waals surface area contributed by atoms with Crippen LogP contribution >= 0.6 is 0 Å². The van der Waals surface area contributed by atoms with Crippen LogP contribution in [-0.2, 0) is 17.6 Å². The molecule has 2 aromatic carbocycles. The van der Waals surface area contributed by atoms with Gasteiger partial charge in [-0.3, -0.25) is 5.10 Å². The number of hydrogen-bond acceptors (Lipinski definition) is 4. The number of carboxylic acid groups (broad SMARTS) is 1. The van der Waals surface area contributed by atoms with Crippen LogP contribution in [0.5, 0.6) is 11.5 Å². The maximum Gasteiger partial charge on any atom is 0.416 e. The fourth-order valence-corrected chi connectivity index (χ4v) is 2.66. The van der Waals surface area contributed by atoms with E-state index in [-0.39, 0.29) is 6.61 Å². The molecule has 0 fully saturated rings. The Morgan fingerprint density at radius 3 is 2.47 bits per heavy atom. The number of carbonyl (C=O) groups is 1. The number of benzene rings is 2. The van der Waals surface area contributed by atoms with Crippen LogP contribution in [0.25, 0.3) is 11.3 Å². The van der Waals surface area contributed by atoms with Crippen molar-refractivity contribution in [2.45, 2.75) is 32.7 Å². The predicted molar refractivity (Wildman–Crippen MR) is 102 cm³/mol. The third-order valence-electron chi connectivity index (χ3n) is 4.33. The van der Waals surface area contributed by atoms with E-state index in [4.69, 9.17) is 14.6 Å². The average molecular weight is 420 g/mol. The summed E-state index contributed by atoms with van der Waals surface area (Å²) in [5.41, 5.74) is 1.70. The van der Waals surface area contributed by atoms with Gasteiger partial charge in [0.15, 0.2) is 6.10 Å². The SMILES string of the molecule is Cc1cc(OCc2cc(-c3ccc(C(F)(F)F)cc3)n[nH]2)ccc1OC(C)C(=O)O. The molecule has 1 atom stereocenters. The Hall–Kier alpha value is -3.49. The Labute approximate surface area is 170 Å². The first-order chi connectivity index (χ1) is 14.1. The molecule has 0 aliphatic heterocycles. The molecule has 0 spiro atoms. The van der Waals surface area contributed by atoms with E-state index in [2.05, 4.69) is 10.2 Å². The van der Waals surface area contributed by atoms with E-state index in [1.54, 1.807) is 31.2 Å². The lowest BCUT2D eigenvalue weighted by Crippen LogP contribution is -2.23. The third-order valence-corrected chi connectivity index (χ3v) is 4.33. The van der Waals surface area contributed by atoms with Gasteiger partial charge in [0.2, 0.25) is 0 Å². The van der Waals surface area contributed by atoms with E-state index in [9.17, 15) is 18.0 Å². The molecule has 6 nitrogen and oxygen atoms in total. The number of hydrogen-bond donors (Lipinski definition) is 2. The molecule has 2 N–H and O–H groups in total. The fraction of sp³-hybridized carbons (Fsp3) is 0.238. The molecule has 158 valence electrons. The number of nitrogens with one attached hydrogen (secondary N) is 1. The number of aryl methyl sites for hydroxylation is 1. The highest BCUT2D eigenvalue weighted by atomic mass is 19.4. The van der Waals surface area contributed by atoms with Crippen molar-refractivity contribution in [2.75, 3.05) is 0 Å². The zero-order valence-corrected chi connectivity index (χ0v) is 16.2. The first-order valence-corrected chi connectivity index (χ1v) is 8.98. The zero-order chi connectivity index (χ0) is 21.9. The number of nitrogens with zero attached hydrogens (tertiary/aromatic N) is 1. The van der Waals surface area contributed by atoms with E-state index >= 15 is 0 Å². The van der Waals surface area contributed by atoms with Crippen LogP contribution in [0.4, 0.5) is 13.2 Å². The number of halogens is 3. The molecule has 3 rings (SSSR count). The summed E-state index contributed by atoms with van der Waals surface area (Å²) >= 11 is 0. The zero-order valence-electron chi connectivity index (χ0n) is 16.2. The minimum atomic E-state index is -4.38. The predicted octanol–water partition coefficient (Wildman–Crippen LogP) is 4.83. The number of H-pyrrole nitrogens is 1. The van der Waals surface area contributed by atoms with Gasteiger partial charge in [-0.1, -0.05) is 12.1 Å². The van der Waals surface area contributed by atoms with Crippen LogP contribution in [0.2, 0.25) is 0 Å². The molecule has 0 radical (unpaired) electrons. The summed E-state index contributed by atoms with van der Waals surface area (Å²) in [6.07, 6.45) is -5.35. The van der Waals surface area contributed by atoms with Gasteiger partial charge in [0.1, 0.15) is 18.1 Å². The number of rotatable bonds is 7. The second-order valence-corrected chi connectivity index (χ2v) is 6.67. The monoisotopic (exact) mass is 420 g/mol. The van der Waals surface area contributed by atoms with Crippen molar-refractivity contribution in [3.05, 3.63) is 65.4 Å². The van der Waals surface area contributed by atoms with Crippen molar-refractivity contribution in [1.82, 2.24) is 10.2 Å². The fourth-order valence-electron chi connectivity index (χ4n) is 2.66. The van der Waals surface area contributed by atoms with E-state index in [1.165, 1.54) is 19.1 Å². The van der Waals surface area contributed by atoms with Crippen LogP contribution in [0, 0.1) is 6.92 Å². The Morgan fingerprint density at radius 2 is 1.87 bits per heavy atom. The summed E-state index contributed by atoms with van der Waals surface area (Å²) < 4.78 is 49.1. The lowest BCUT2D eigenvalue weighted by atomic mass is 10.1. The van der Waals surface area contributed by atoms with Gasteiger partial charge >= 0.3 is 12.1 Å². The van der Waals surface area contributed by atoms with Gasteiger partial charge in [-0.15, -0.1) is 0 Å². The molecule has 0 aliphatic carbocycles. The van der Waals surface area contributed by atoms with Gasteiger partial charge in [0, 0.05) is 5.56 Å². The van der Waals surface area contributed by atoms with E-state index in [1.807, 2.05) is 0 Å². The second kappa shape index (κ2) is 8.48. The summed E-state index contributed by atoms with van der Waals surface area (Å²) in [5.74, 6) is -0.0605. The number of aliphatic carboxylic acids is 1. The Balaban J connectivity index is 1.63. The molecule has 0 bridgehead atoms. The number of carboxylic acids is 1. The van der Waals surface area contributed by atoms with Crippen LogP contribution in [0.3, 0.4) is 0 Å². The van der Waals surface area contributed by atoms with Crippen LogP contribution in [-0.4, -0.2) is 27.4 Å². The second-order valence-electron chi connectivity index (χ2n) is 6.67. The molecular weight excluding hydrogens is 401 g/mol. The smallest absolute Gasteiger partial charge is 0.416 e. The largest absolute Gasteiger partial charge is 0.487 e. The van der Waals surface area contributed by atoms with E-state index in [0.29, 0.717) is 28.5 Å². The quantitative estimate of drug-likeness (QED) is 0.572. The van der Waals surface area contributed by atoms with Gasteiger partial charge in [-0.05, 0) is 55.8 Å². The minimum absolute atomic E-state index is 0.165. The average Bonchev–Trinajstić information content (AvgIpc) is 3.16. The van der Waals surface area contributed by atoms with Crippen molar-refractivity contribution >= 4 is 5.97 Å². The highest BCUT2D eigenvalue weighted by molar-refractivity contribution is 5.72. The third kappa shape index (κ3) is 5.11. The van der Waals surface area contributed by atoms with Crippen molar-refractivity contribution in [3.8, 4) is 22.8 Å². The number of ether oxygens (including phenoxy) is 2. The van der Waals surface area contributed by atoms with Crippen LogP contribution < -0.4 is 9.47 Å². The standard InChI is InChI=1S/C21H19F3N2O4/c1-12-9-17(7-8-19(12)30-13(2)20(27)28)29-11-16-10-18(26-25-16)14-3-5-15(6-4-14)21(22,23)24/h3-10,13H,11H2,1-2H3,(H,25,26)(H,27,28). The molecule has 1 unspecified atom stereocenters. The lowest BCUT2D eigenvalue weighted by Gasteiger charge is -2.14. The lowest BCUT2D eigenvalue weighted by molar-refractivity contribution is -0.144. The molecule has 0 amide bonds. The Bertz CT molecular complexity index is 1030. The minimum Gasteiger partial charge on any atom is -0.487 e. The first kappa shape index (κ1) is 21.2. The summed E-state index contributed by atoms with van der Waals surface area (Å²) in [6, 6.07) is 11.5. The first-order valence-electron chi connectivity index (χ1n) is 8.98. The summed E-state index contributed by atoms with van der Waals surface area (Å²) in [6.45, 7) is 3.38. The summed E-state index contributed by atoms with van der Waals surface area (Å²) in [4.78, 5) is 10.9. The van der Waals surface area contributed by atoms with Gasteiger partial charge in [-0.2, -0.15) is 18.3 Å². The number of aromatic amines is 1. The van der Waals surface area contributed by atoms with E-state index < -0.39 is 23.8 Å². The number of alkyl halides is 3. The van der Waals surface area contributed by atoms with E-state index in [0.717, 1.165) is 17.7 Å². The highest BCUT2D eigenvalue weighted by Crippen LogP contribution is 2.31. The van der Waals surface area contributed by atoms with Crippen LogP contribution in [0.15, 0.2) is 48.5 Å². The van der Waals surface area contributed by atoms with Crippen LogP contribution in [0.1, 0.15) is 23.7 Å². The molecule has 1 heterocycles. The molecule has 3 aromatic rings.